The maximum absolute atomic E-state index is 14.0. The number of benzene rings is 1. The van der Waals surface area contributed by atoms with Crippen LogP contribution in [0.5, 0.6) is 0 Å². The number of nitrogens with one attached hydrogen (secondary N) is 1. The minimum Gasteiger partial charge on any atom is -0.355 e. The summed E-state index contributed by atoms with van der Waals surface area (Å²) in [6.45, 7) is 9.94. The molecule has 0 amide bonds. The Labute approximate surface area is 154 Å². The molecular weight excluding hydrogens is 325 g/mol. The topological polar surface area (TPSA) is 48.7 Å². The molecule has 1 aromatic heterocycles. The average molecular weight is 347 g/mol. The van der Waals surface area contributed by atoms with E-state index in [0.29, 0.717) is 29.1 Å². The molecule has 0 spiro atoms. The molecule has 0 bridgehead atoms. The lowest BCUT2D eigenvalue weighted by atomic mass is 10.0. The van der Waals surface area contributed by atoms with E-state index in [4.69, 9.17) is 0 Å². The van der Waals surface area contributed by atoms with E-state index < -0.39 is 0 Å². The Balaban J connectivity index is 2.31. The smallest absolute Gasteiger partial charge is 0.149 e. The highest BCUT2D eigenvalue weighted by Gasteiger charge is 2.09. The molecule has 1 heterocycles. The van der Waals surface area contributed by atoms with Gasteiger partial charge in [0, 0.05) is 11.9 Å². The predicted octanol–water partition coefficient (Wildman–Crippen LogP) is 5.85. The summed E-state index contributed by atoms with van der Waals surface area (Å²) < 4.78 is 14.0. The third-order valence-electron chi connectivity index (χ3n) is 4.21. The molecule has 1 N–H and O–H groups in total. The van der Waals surface area contributed by atoms with E-state index in [1.807, 2.05) is 45.0 Å². The van der Waals surface area contributed by atoms with Crippen LogP contribution in [0.3, 0.4) is 0 Å². The van der Waals surface area contributed by atoms with Crippen LogP contribution in [0.2, 0.25) is 0 Å². The third kappa shape index (κ3) is 4.46. The fourth-order valence-electron chi connectivity index (χ4n) is 2.51. The highest BCUT2D eigenvalue weighted by molar-refractivity contribution is 5.67. The highest BCUT2D eigenvalue weighted by atomic mass is 19.1. The van der Waals surface area contributed by atoms with Crippen molar-refractivity contribution in [2.75, 3.05) is 5.32 Å². The van der Waals surface area contributed by atoms with Crippen LogP contribution in [0.4, 0.5) is 10.1 Å². The molecule has 0 saturated heterocycles. The monoisotopic (exact) mass is 347 g/mol. The largest absolute Gasteiger partial charge is 0.355 e. The number of pyridine rings is 1. The van der Waals surface area contributed by atoms with Crippen LogP contribution in [0.25, 0.3) is 5.57 Å². The zero-order valence-electron chi connectivity index (χ0n) is 15.3. The molecule has 1 aromatic carbocycles. The molecule has 0 saturated carbocycles. The normalized spacial score (nSPS) is 12.2. The van der Waals surface area contributed by atoms with E-state index in [-0.39, 0.29) is 5.82 Å². The Hall–Kier alpha value is -3.19. The van der Waals surface area contributed by atoms with Crippen molar-refractivity contribution < 1.29 is 4.39 Å². The highest BCUT2D eigenvalue weighted by Crippen LogP contribution is 2.24. The lowest BCUT2D eigenvalue weighted by Gasteiger charge is -2.14. The summed E-state index contributed by atoms with van der Waals surface area (Å²) in [5.41, 5.74) is 5.04. The minimum atomic E-state index is -0.328. The van der Waals surface area contributed by atoms with Crippen LogP contribution in [-0.2, 0) is 0 Å². The third-order valence-corrected chi connectivity index (χ3v) is 4.21. The first-order valence-electron chi connectivity index (χ1n) is 8.42. The van der Waals surface area contributed by atoms with Crippen LogP contribution in [0.15, 0.2) is 72.1 Å². The Kier molecular flexibility index (Phi) is 6.46. The number of nitrogens with zero attached hydrogens (tertiary/aromatic N) is 2. The van der Waals surface area contributed by atoms with Crippen molar-refractivity contribution in [1.29, 1.82) is 5.26 Å². The first-order valence-corrected chi connectivity index (χ1v) is 8.42. The number of nitriles is 1. The van der Waals surface area contributed by atoms with Crippen molar-refractivity contribution in [3.8, 4) is 6.07 Å². The summed E-state index contributed by atoms with van der Waals surface area (Å²) in [5, 5.41) is 12.4. The molecule has 132 valence electrons. The Morgan fingerprint density at radius 2 is 2.00 bits per heavy atom. The van der Waals surface area contributed by atoms with Crippen molar-refractivity contribution in [3.63, 3.8) is 0 Å². The fraction of sp³-hybridized carbons (Fsp3) is 0.182. The number of allylic oxidation sites excluding steroid dienone is 4. The summed E-state index contributed by atoms with van der Waals surface area (Å²) in [6.07, 6.45) is 4.19. The van der Waals surface area contributed by atoms with Crippen molar-refractivity contribution in [2.24, 2.45) is 0 Å². The molecule has 0 aliphatic heterocycles. The van der Waals surface area contributed by atoms with Crippen molar-refractivity contribution in [2.45, 2.75) is 27.2 Å². The Morgan fingerprint density at radius 1 is 1.27 bits per heavy atom. The molecule has 2 rings (SSSR count). The van der Waals surface area contributed by atoms with Gasteiger partial charge in [-0.25, -0.2) is 4.39 Å². The summed E-state index contributed by atoms with van der Waals surface area (Å²) >= 11 is 0. The number of hydrogen-bond acceptors (Lipinski definition) is 3. The van der Waals surface area contributed by atoms with E-state index in [2.05, 4.69) is 22.9 Å². The van der Waals surface area contributed by atoms with Crippen LogP contribution >= 0.6 is 0 Å². The van der Waals surface area contributed by atoms with Crippen LogP contribution in [-0.4, -0.2) is 4.98 Å². The van der Waals surface area contributed by atoms with Gasteiger partial charge in [-0.05, 0) is 61.3 Å². The molecule has 4 heteroatoms. The number of rotatable bonds is 6. The maximum Gasteiger partial charge on any atom is 0.149 e. The van der Waals surface area contributed by atoms with Gasteiger partial charge >= 0.3 is 0 Å². The van der Waals surface area contributed by atoms with Crippen LogP contribution in [0.1, 0.15) is 38.4 Å². The van der Waals surface area contributed by atoms with Gasteiger partial charge in [-0.15, -0.1) is 0 Å². The molecule has 26 heavy (non-hydrogen) atoms. The lowest BCUT2D eigenvalue weighted by molar-refractivity contribution is 0.615. The molecule has 0 aliphatic carbocycles. The van der Waals surface area contributed by atoms with Crippen LogP contribution in [0, 0.1) is 17.1 Å². The Morgan fingerprint density at radius 3 is 2.65 bits per heavy atom. The summed E-state index contributed by atoms with van der Waals surface area (Å²) in [5.74, 6) is -0.328. The van der Waals surface area contributed by atoms with Crippen molar-refractivity contribution in [3.05, 3.63) is 89.2 Å². The standard InChI is InChI=1S/C22H22FN3/c1-5-18(22-20(23)10-8-12-25-22)13-15(2)16(3)17(4)26-21-11-7-6-9-19(21)14-24/h6-13,26H,4-5H2,1-3H3/b16-15+,18-13+. The zero-order valence-corrected chi connectivity index (χ0v) is 15.3. The van der Waals surface area contributed by atoms with E-state index >= 15 is 0 Å². The molecule has 0 aliphatic rings. The second kappa shape index (κ2) is 8.77. The second-order valence-electron chi connectivity index (χ2n) is 5.93. The average Bonchev–Trinajstić information content (AvgIpc) is 2.66. The molecule has 0 unspecified atom stereocenters. The number of para-hydroxylation sites is 1. The quantitative estimate of drug-likeness (QED) is 0.667. The second-order valence-corrected chi connectivity index (χ2v) is 5.93. The van der Waals surface area contributed by atoms with Gasteiger partial charge in [-0.1, -0.05) is 31.7 Å². The first kappa shape index (κ1) is 19.1. The molecule has 3 nitrogen and oxygen atoms in total. The molecule has 2 aromatic rings. The van der Waals surface area contributed by atoms with Crippen LogP contribution < -0.4 is 5.32 Å². The number of halogens is 1. The van der Waals surface area contributed by atoms with E-state index in [0.717, 1.165) is 16.7 Å². The van der Waals surface area contributed by atoms with E-state index in [1.165, 1.54) is 6.07 Å². The number of hydrogen-bond donors (Lipinski definition) is 1. The van der Waals surface area contributed by atoms with Crippen molar-refractivity contribution >= 4 is 11.3 Å². The van der Waals surface area contributed by atoms with Gasteiger partial charge in [0.25, 0.3) is 0 Å². The predicted molar refractivity (Wildman–Crippen MR) is 105 cm³/mol. The summed E-state index contributed by atoms with van der Waals surface area (Å²) in [6, 6.07) is 12.4. The summed E-state index contributed by atoms with van der Waals surface area (Å²) in [4.78, 5) is 4.16. The van der Waals surface area contributed by atoms with E-state index in [9.17, 15) is 9.65 Å². The minimum absolute atomic E-state index is 0.328. The molecular formula is C22H22FN3. The number of aromatic nitrogens is 1. The van der Waals surface area contributed by atoms with Gasteiger partial charge in [0.05, 0.1) is 11.3 Å². The van der Waals surface area contributed by atoms with Gasteiger partial charge in [0.1, 0.15) is 17.6 Å². The van der Waals surface area contributed by atoms with Gasteiger partial charge in [-0.3, -0.25) is 4.98 Å². The van der Waals surface area contributed by atoms with Gasteiger partial charge in [0.15, 0.2) is 0 Å². The van der Waals surface area contributed by atoms with Gasteiger partial charge < -0.3 is 5.32 Å². The SMILES string of the molecule is C=C(Nc1ccccc1C#N)/C(C)=C(C)/C=C(\CC)c1ncccc1F. The zero-order chi connectivity index (χ0) is 19.1. The first-order chi connectivity index (χ1) is 12.5. The van der Waals surface area contributed by atoms with Gasteiger partial charge in [0.2, 0.25) is 0 Å². The fourth-order valence-corrected chi connectivity index (χ4v) is 2.51. The van der Waals surface area contributed by atoms with E-state index in [1.54, 1.807) is 18.3 Å². The lowest BCUT2D eigenvalue weighted by Crippen LogP contribution is -2.03. The maximum atomic E-state index is 14.0. The molecule has 0 atom stereocenters. The summed E-state index contributed by atoms with van der Waals surface area (Å²) in [7, 11) is 0. The molecule has 0 fully saturated rings. The Bertz CT molecular complexity index is 917. The van der Waals surface area contributed by atoms with Gasteiger partial charge in [-0.2, -0.15) is 5.26 Å². The number of anilines is 1. The van der Waals surface area contributed by atoms with Crippen molar-refractivity contribution in [1.82, 2.24) is 4.98 Å². The molecule has 0 radical (unpaired) electrons.